The molecule has 27 heavy (non-hydrogen) atoms. The average molecular weight is 395 g/mol. The molecule has 9 heteroatoms. The minimum atomic E-state index is -4.05. The summed E-state index contributed by atoms with van der Waals surface area (Å²) in [4.78, 5) is 11.8. The lowest BCUT2D eigenvalue weighted by atomic mass is 10.2. The van der Waals surface area contributed by atoms with Crippen LogP contribution in [-0.4, -0.2) is 49.4 Å². The number of hydrogen-bond donors (Lipinski definition) is 0. The Labute approximate surface area is 158 Å². The van der Waals surface area contributed by atoms with E-state index in [4.69, 9.17) is 14.2 Å². The quantitative estimate of drug-likeness (QED) is 0.632. The van der Waals surface area contributed by atoms with Crippen LogP contribution in [-0.2, 0) is 19.6 Å². The van der Waals surface area contributed by atoms with E-state index in [1.165, 1.54) is 64.8 Å². The molecule has 0 spiro atoms. The highest BCUT2D eigenvalue weighted by Crippen LogP contribution is 2.34. The van der Waals surface area contributed by atoms with Gasteiger partial charge in [0.2, 0.25) is 0 Å². The number of methoxy groups -OCH3 is 4. The van der Waals surface area contributed by atoms with Gasteiger partial charge in [0.1, 0.15) is 12.3 Å². The van der Waals surface area contributed by atoms with Gasteiger partial charge in [0.15, 0.2) is 11.5 Å². The Morgan fingerprint density at radius 1 is 0.889 bits per heavy atom. The Kier molecular flexibility index (Phi) is 6.51. The van der Waals surface area contributed by atoms with Crippen molar-refractivity contribution >= 4 is 21.7 Å². The van der Waals surface area contributed by atoms with Crippen molar-refractivity contribution in [1.29, 1.82) is 0 Å². The van der Waals surface area contributed by atoms with Gasteiger partial charge in [-0.1, -0.05) is 0 Å². The summed E-state index contributed by atoms with van der Waals surface area (Å²) < 4.78 is 47.3. The number of nitrogens with zero attached hydrogens (tertiary/aromatic N) is 1. The zero-order chi connectivity index (χ0) is 20.0. The smallest absolute Gasteiger partial charge is 0.326 e. The van der Waals surface area contributed by atoms with E-state index < -0.39 is 22.5 Å². The van der Waals surface area contributed by atoms with Gasteiger partial charge in [0.05, 0.1) is 39.0 Å². The molecule has 0 saturated heterocycles. The zero-order valence-corrected chi connectivity index (χ0v) is 16.3. The Balaban J connectivity index is 2.54. The van der Waals surface area contributed by atoms with E-state index in [-0.39, 0.29) is 10.6 Å². The number of sulfonamides is 1. The first-order valence-corrected chi connectivity index (χ1v) is 9.27. The van der Waals surface area contributed by atoms with Crippen LogP contribution in [0.1, 0.15) is 0 Å². The molecule has 2 aromatic carbocycles. The normalized spacial score (nSPS) is 10.8. The summed E-state index contributed by atoms with van der Waals surface area (Å²) in [6, 6.07) is 10.4. The van der Waals surface area contributed by atoms with Crippen molar-refractivity contribution in [2.24, 2.45) is 0 Å². The van der Waals surface area contributed by atoms with E-state index in [1.807, 2.05) is 0 Å². The monoisotopic (exact) mass is 395 g/mol. The molecule has 0 amide bonds. The second-order valence-corrected chi connectivity index (χ2v) is 7.16. The van der Waals surface area contributed by atoms with Crippen LogP contribution in [0.5, 0.6) is 17.2 Å². The predicted octanol–water partition coefficient (Wildman–Crippen LogP) is 2.08. The first kappa shape index (κ1) is 20.4. The molecular formula is C18H21NO7S. The maximum Gasteiger partial charge on any atom is 0.326 e. The third-order valence-corrected chi connectivity index (χ3v) is 5.59. The summed E-state index contributed by atoms with van der Waals surface area (Å²) in [6.07, 6.45) is 0. The second-order valence-electron chi connectivity index (χ2n) is 5.30. The lowest BCUT2D eigenvalue weighted by Gasteiger charge is -2.24. The molecule has 146 valence electrons. The van der Waals surface area contributed by atoms with Gasteiger partial charge < -0.3 is 18.9 Å². The highest BCUT2D eigenvalue weighted by Gasteiger charge is 2.28. The maximum atomic E-state index is 13.1. The first-order valence-electron chi connectivity index (χ1n) is 7.83. The van der Waals surface area contributed by atoms with Crippen LogP contribution in [0.2, 0.25) is 0 Å². The van der Waals surface area contributed by atoms with Crippen LogP contribution in [0, 0.1) is 0 Å². The predicted molar refractivity (Wildman–Crippen MR) is 99.1 cm³/mol. The van der Waals surface area contributed by atoms with Crippen molar-refractivity contribution < 1.29 is 32.2 Å². The van der Waals surface area contributed by atoms with Crippen LogP contribution in [0.15, 0.2) is 47.4 Å². The fourth-order valence-electron chi connectivity index (χ4n) is 2.35. The van der Waals surface area contributed by atoms with Gasteiger partial charge in [-0.25, -0.2) is 8.42 Å². The van der Waals surface area contributed by atoms with Crippen LogP contribution >= 0.6 is 0 Å². The largest absolute Gasteiger partial charge is 0.497 e. The minimum absolute atomic E-state index is 0.00184. The molecule has 0 radical (unpaired) electrons. The standard InChI is InChI=1S/C18H21NO7S/c1-23-14-6-8-15(9-7-14)27(21,22)19(12-18(20)26-4)13-5-10-16(24-2)17(11-13)25-3/h5-11H,12H2,1-4H3. The maximum absolute atomic E-state index is 13.1. The molecule has 8 nitrogen and oxygen atoms in total. The Hall–Kier alpha value is -2.94. The van der Waals surface area contributed by atoms with Crippen molar-refractivity contribution in [2.75, 3.05) is 39.3 Å². The number of carbonyl (C=O) groups is 1. The number of esters is 1. The van der Waals surface area contributed by atoms with Crippen molar-refractivity contribution in [3.05, 3.63) is 42.5 Å². The molecular weight excluding hydrogens is 374 g/mol. The van der Waals surface area contributed by atoms with Gasteiger partial charge in [-0.15, -0.1) is 0 Å². The van der Waals surface area contributed by atoms with E-state index in [1.54, 1.807) is 6.07 Å². The highest BCUT2D eigenvalue weighted by molar-refractivity contribution is 7.92. The van der Waals surface area contributed by atoms with Crippen LogP contribution in [0.3, 0.4) is 0 Å². The van der Waals surface area contributed by atoms with E-state index in [9.17, 15) is 13.2 Å². The summed E-state index contributed by atoms with van der Waals surface area (Å²) in [5, 5.41) is 0. The molecule has 0 fully saturated rings. The molecule has 0 N–H and O–H groups in total. The molecule has 0 aliphatic rings. The number of ether oxygens (including phenoxy) is 4. The first-order chi connectivity index (χ1) is 12.9. The molecule has 2 rings (SSSR count). The zero-order valence-electron chi connectivity index (χ0n) is 15.5. The van der Waals surface area contributed by atoms with Crippen molar-refractivity contribution in [3.8, 4) is 17.2 Å². The summed E-state index contributed by atoms with van der Waals surface area (Å²) in [5.74, 6) is 0.567. The van der Waals surface area contributed by atoms with Crippen LogP contribution in [0.25, 0.3) is 0 Å². The highest BCUT2D eigenvalue weighted by atomic mass is 32.2. The van der Waals surface area contributed by atoms with Gasteiger partial charge >= 0.3 is 5.97 Å². The van der Waals surface area contributed by atoms with E-state index in [0.717, 1.165) is 4.31 Å². The lowest BCUT2D eigenvalue weighted by Crippen LogP contribution is -2.36. The third-order valence-electron chi connectivity index (χ3n) is 3.80. The fourth-order valence-corrected chi connectivity index (χ4v) is 3.75. The Morgan fingerprint density at radius 2 is 1.52 bits per heavy atom. The SMILES string of the molecule is COC(=O)CN(c1ccc(OC)c(OC)c1)S(=O)(=O)c1ccc(OC)cc1. The van der Waals surface area contributed by atoms with E-state index >= 15 is 0 Å². The molecule has 0 aliphatic carbocycles. The van der Waals surface area contributed by atoms with Crippen molar-refractivity contribution in [1.82, 2.24) is 0 Å². The fraction of sp³-hybridized carbons (Fsp3) is 0.278. The third kappa shape index (κ3) is 4.43. The molecule has 0 atom stereocenters. The summed E-state index contributed by atoms with van der Waals surface area (Å²) >= 11 is 0. The van der Waals surface area contributed by atoms with Crippen LogP contribution < -0.4 is 18.5 Å². The van der Waals surface area contributed by atoms with Crippen LogP contribution in [0.4, 0.5) is 5.69 Å². The molecule has 2 aromatic rings. The van der Waals surface area contributed by atoms with Gasteiger partial charge in [-0.05, 0) is 36.4 Å². The number of benzene rings is 2. The number of rotatable bonds is 8. The van der Waals surface area contributed by atoms with Crippen molar-refractivity contribution in [2.45, 2.75) is 4.90 Å². The molecule has 0 unspecified atom stereocenters. The summed E-state index contributed by atoms with van der Waals surface area (Å²) in [6.45, 7) is -0.500. The van der Waals surface area contributed by atoms with Gasteiger partial charge in [0, 0.05) is 6.07 Å². The van der Waals surface area contributed by atoms with E-state index in [2.05, 4.69) is 4.74 Å². The Bertz CT molecular complexity index is 894. The topological polar surface area (TPSA) is 91.4 Å². The Morgan fingerprint density at radius 3 is 2.04 bits per heavy atom. The van der Waals surface area contributed by atoms with E-state index in [0.29, 0.717) is 17.2 Å². The van der Waals surface area contributed by atoms with Gasteiger partial charge in [0.25, 0.3) is 10.0 Å². The lowest BCUT2D eigenvalue weighted by molar-refractivity contribution is -0.138. The number of hydrogen-bond acceptors (Lipinski definition) is 7. The average Bonchev–Trinajstić information content (AvgIpc) is 2.71. The molecule has 0 heterocycles. The van der Waals surface area contributed by atoms with Gasteiger partial charge in [-0.3, -0.25) is 9.10 Å². The molecule has 0 aromatic heterocycles. The molecule has 0 saturated carbocycles. The van der Waals surface area contributed by atoms with Crippen molar-refractivity contribution in [3.63, 3.8) is 0 Å². The summed E-state index contributed by atoms with van der Waals surface area (Å²) in [7, 11) is 1.53. The number of anilines is 1. The minimum Gasteiger partial charge on any atom is -0.497 e. The number of carbonyl (C=O) groups excluding carboxylic acids is 1. The molecule has 0 aliphatic heterocycles. The second kappa shape index (κ2) is 8.63. The molecule has 0 bridgehead atoms. The van der Waals surface area contributed by atoms with Gasteiger partial charge in [-0.2, -0.15) is 0 Å². The summed E-state index contributed by atoms with van der Waals surface area (Å²) in [5.41, 5.74) is 0.230.